The van der Waals surface area contributed by atoms with Gasteiger partial charge in [-0.2, -0.15) is 0 Å². The average Bonchev–Trinajstić information content (AvgIpc) is 2.85. The van der Waals surface area contributed by atoms with Crippen LogP contribution in [-0.4, -0.2) is 37.3 Å². The van der Waals surface area contributed by atoms with Crippen molar-refractivity contribution in [2.24, 2.45) is 5.92 Å². The Hall–Kier alpha value is -3.72. The number of benzene rings is 2. The summed E-state index contributed by atoms with van der Waals surface area (Å²) in [7, 11) is -3.33. The minimum absolute atomic E-state index is 0.0467. The Balaban J connectivity index is 2.07. The summed E-state index contributed by atoms with van der Waals surface area (Å²) in [6.07, 6.45) is 1.22. The van der Waals surface area contributed by atoms with Crippen molar-refractivity contribution in [2.75, 3.05) is 6.26 Å². The van der Waals surface area contributed by atoms with E-state index in [9.17, 15) is 18.0 Å². The standard InChI is InChI=1S/C32H40N2O6S/c1-20(2)17-27-26(18-33-31(36)40-32(5,6)7)29(24-13-9-21(3)10-14-24)28(22(4)34-27)30(35)39-19-23-11-15-25(16-12-23)41(8,37)38/h9-16,20H,17-19H2,1-8H3,(H,33,36). The number of aryl methyl sites for hydroxylation is 2. The maximum Gasteiger partial charge on any atom is 0.407 e. The molecule has 1 aromatic heterocycles. The molecule has 3 rings (SSSR count). The zero-order chi connectivity index (χ0) is 30.5. The number of carbonyl (C=O) groups excluding carboxylic acids is 2. The van der Waals surface area contributed by atoms with Crippen molar-refractivity contribution in [1.29, 1.82) is 0 Å². The van der Waals surface area contributed by atoms with Crippen LogP contribution in [-0.2, 0) is 38.9 Å². The second-order valence-electron chi connectivity index (χ2n) is 11.7. The van der Waals surface area contributed by atoms with Gasteiger partial charge in [-0.3, -0.25) is 4.98 Å². The maximum atomic E-state index is 13.7. The molecule has 1 heterocycles. The van der Waals surface area contributed by atoms with Crippen molar-refractivity contribution in [1.82, 2.24) is 10.3 Å². The number of amides is 1. The van der Waals surface area contributed by atoms with Crippen molar-refractivity contribution < 1.29 is 27.5 Å². The SMILES string of the molecule is Cc1ccc(-c2c(CNC(=O)OC(C)(C)C)c(CC(C)C)nc(C)c2C(=O)OCc2ccc(S(C)(=O)=O)cc2)cc1. The van der Waals surface area contributed by atoms with E-state index >= 15 is 0 Å². The number of rotatable bonds is 9. The van der Waals surface area contributed by atoms with Crippen molar-refractivity contribution in [2.45, 2.75) is 78.5 Å². The summed E-state index contributed by atoms with van der Waals surface area (Å²) in [5.41, 5.74) is 4.86. The predicted molar refractivity (Wildman–Crippen MR) is 159 cm³/mol. The first-order valence-corrected chi connectivity index (χ1v) is 15.5. The largest absolute Gasteiger partial charge is 0.457 e. The molecule has 0 saturated carbocycles. The third-order valence-electron chi connectivity index (χ3n) is 6.24. The molecule has 41 heavy (non-hydrogen) atoms. The van der Waals surface area contributed by atoms with Gasteiger partial charge in [0.1, 0.15) is 12.2 Å². The van der Waals surface area contributed by atoms with E-state index in [1.54, 1.807) is 39.8 Å². The normalized spacial score (nSPS) is 11.8. The molecule has 0 fully saturated rings. The van der Waals surface area contributed by atoms with Crippen LogP contribution in [0.15, 0.2) is 53.4 Å². The number of ether oxygens (including phenoxy) is 2. The van der Waals surface area contributed by atoms with Gasteiger partial charge in [0.15, 0.2) is 9.84 Å². The number of aromatic nitrogens is 1. The first kappa shape index (κ1) is 31.8. The van der Waals surface area contributed by atoms with Gasteiger partial charge in [-0.1, -0.05) is 55.8 Å². The lowest BCUT2D eigenvalue weighted by atomic mass is 9.89. The Labute approximate surface area is 243 Å². The van der Waals surface area contributed by atoms with Crippen molar-refractivity contribution >= 4 is 21.9 Å². The average molecular weight is 581 g/mol. The molecular formula is C32H40N2O6S. The molecule has 0 radical (unpaired) electrons. The summed E-state index contributed by atoms with van der Waals surface area (Å²) in [5, 5.41) is 2.85. The van der Waals surface area contributed by atoms with Crippen LogP contribution >= 0.6 is 0 Å². The Kier molecular flexibility index (Phi) is 9.97. The second-order valence-corrected chi connectivity index (χ2v) is 13.7. The van der Waals surface area contributed by atoms with Crippen LogP contribution in [0.4, 0.5) is 4.79 Å². The van der Waals surface area contributed by atoms with Gasteiger partial charge in [0.25, 0.3) is 0 Å². The quantitative estimate of drug-likeness (QED) is 0.294. The van der Waals surface area contributed by atoms with E-state index < -0.39 is 27.5 Å². The Bertz CT molecular complexity index is 1500. The van der Waals surface area contributed by atoms with Gasteiger partial charge in [0, 0.05) is 29.6 Å². The fraction of sp³-hybridized carbons (Fsp3) is 0.406. The van der Waals surface area contributed by atoms with Gasteiger partial charge >= 0.3 is 12.1 Å². The molecule has 2 aromatic carbocycles. The summed E-state index contributed by atoms with van der Waals surface area (Å²) < 4.78 is 34.8. The molecule has 3 aromatic rings. The number of esters is 1. The fourth-order valence-electron chi connectivity index (χ4n) is 4.37. The van der Waals surface area contributed by atoms with Crippen LogP contribution < -0.4 is 5.32 Å². The van der Waals surface area contributed by atoms with Crippen LogP contribution in [0, 0.1) is 19.8 Å². The van der Waals surface area contributed by atoms with E-state index in [0.717, 1.165) is 28.6 Å². The van der Waals surface area contributed by atoms with Gasteiger partial charge in [0.2, 0.25) is 0 Å². The molecule has 0 atom stereocenters. The molecule has 8 nitrogen and oxygen atoms in total. The zero-order valence-electron chi connectivity index (χ0n) is 25.1. The highest BCUT2D eigenvalue weighted by molar-refractivity contribution is 7.90. The van der Waals surface area contributed by atoms with Crippen LogP contribution in [0.2, 0.25) is 0 Å². The summed E-state index contributed by atoms with van der Waals surface area (Å²) >= 11 is 0. The van der Waals surface area contributed by atoms with E-state index in [0.29, 0.717) is 28.8 Å². The van der Waals surface area contributed by atoms with Crippen molar-refractivity contribution in [3.63, 3.8) is 0 Å². The highest BCUT2D eigenvalue weighted by Gasteiger charge is 2.26. The van der Waals surface area contributed by atoms with E-state index in [1.807, 2.05) is 31.2 Å². The second kappa shape index (κ2) is 12.9. The van der Waals surface area contributed by atoms with Crippen molar-refractivity contribution in [3.8, 4) is 11.1 Å². The molecule has 0 unspecified atom stereocenters. The number of sulfone groups is 1. The predicted octanol–water partition coefficient (Wildman–Crippen LogP) is 6.35. The minimum atomic E-state index is -3.33. The molecule has 0 bridgehead atoms. The maximum absolute atomic E-state index is 13.7. The van der Waals surface area contributed by atoms with Gasteiger partial charge in [-0.15, -0.1) is 0 Å². The Morgan fingerprint density at radius 2 is 1.59 bits per heavy atom. The number of nitrogens with one attached hydrogen (secondary N) is 1. The number of pyridine rings is 1. The molecule has 0 aliphatic heterocycles. The topological polar surface area (TPSA) is 112 Å². The van der Waals surface area contributed by atoms with Gasteiger partial charge in [-0.05, 0) is 70.2 Å². The molecule has 1 N–H and O–H groups in total. The number of alkyl carbamates (subject to hydrolysis) is 1. The third-order valence-corrected chi connectivity index (χ3v) is 7.37. The summed E-state index contributed by atoms with van der Waals surface area (Å²) in [6.45, 7) is 13.4. The zero-order valence-corrected chi connectivity index (χ0v) is 25.9. The molecule has 0 spiro atoms. The van der Waals surface area contributed by atoms with Gasteiger partial charge < -0.3 is 14.8 Å². The molecule has 1 amide bonds. The van der Waals surface area contributed by atoms with Crippen LogP contribution in [0.1, 0.15) is 73.1 Å². The first-order valence-electron chi connectivity index (χ1n) is 13.6. The van der Waals surface area contributed by atoms with Crippen molar-refractivity contribution in [3.05, 3.63) is 82.2 Å². The minimum Gasteiger partial charge on any atom is -0.457 e. The number of hydrogen-bond donors (Lipinski definition) is 1. The van der Waals surface area contributed by atoms with Crippen LogP contribution in [0.5, 0.6) is 0 Å². The molecular weight excluding hydrogens is 540 g/mol. The summed E-state index contributed by atoms with van der Waals surface area (Å²) in [6, 6.07) is 14.1. The third kappa shape index (κ3) is 8.88. The number of carbonyl (C=O) groups is 2. The monoisotopic (exact) mass is 580 g/mol. The molecule has 220 valence electrons. The van der Waals surface area contributed by atoms with Gasteiger partial charge in [-0.25, -0.2) is 18.0 Å². The first-order chi connectivity index (χ1) is 19.0. The fourth-order valence-corrected chi connectivity index (χ4v) is 5.00. The van der Waals surface area contributed by atoms with Crippen LogP contribution in [0.3, 0.4) is 0 Å². The molecule has 0 saturated heterocycles. The number of hydrogen-bond acceptors (Lipinski definition) is 7. The summed E-state index contributed by atoms with van der Waals surface area (Å²) in [4.78, 5) is 31.3. The Morgan fingerprint density at radius 1 is 0.976 bits per heavy atom. The Morgan fingerprint density at radius 3 is 2.12 bits per heavy atom. The van der Waals surface area contributed by atoms with E-state index in [1.165, 1.54) is 12.1 Å². The number of nitrogens with zero attached hydrogens (tertiary/aromatic N) is 1. The van der Waals surface area contributed by atoms with E-state index in [-0.39, 0.29) is 24.0 Å². The highest BCUT2D eigenvalue weighted by Crippen LogP contribution is 2.33. The molecule has 0 aliphatic carbocycles. The van der Waals surface area contributed by atoms with Gasteiger partial charge in [0.05, 0.1) is 16.2 Å². The lowest BCUT2D eigenvalue weighted by Crippen LogP contribution is -2.32. The lowest BCUT2D eigenvalue weighted by Gasteiger charge is -2.23. The van der Waals surface area contributed by atoms with Crippen LogP contribution in [0.25, 0.3) is 11.1 Å². The smallest absolute Gasteiger partial charge is 0.407 e. The highest BCUT2D eigenvalue weighted by atomic mass is 32.2. The molecule has 9 heteroatoms. The molecule has 0 aliphatic rings. The summed E-state index contributed by atoms with van der Waals surface area (Å²) in [5.74, 6) is -0.284. The van der Waals surface area contributed by atoms with E-state index in [4.69, 9.17) is 14.5 Å². The lowest BCUT2D eigenvalue weighted by molar-refractivity contribution is 0.0471. The van der Waals surface area contributed by atoms with E-state index in [2.05, 4.69) is 19.2 Å².